The Hall–Kier alpha value is -1.48. The SMILES string of the molecule is O=C(NN1CCOCC1)C1CC(F)(F)C2CN1C(=O)N2. The molecular weight excluding hydrogens is 274 g/mol. The number of fused-ring (bicyclic) bond motifs is 2. The van der Waals surface area contributed by atoms with Crippen molar-refractivity contribution in [3.63, 3.8) is 0 Å². The number of urea groups is 1. The van der Waals surface area contributed by atoms with E-state index in [2.05, 4.69) is 10.7 Å². The van der Waals surface area contributed by atoms with Gasteiger partial charge < -0.3 is 15.0 Å². The lowest BCUT2D eigenvalue weighted by Gasteiger charge is -2.36. The predicted octanol–water partition coefficient (Wildman–Crippen LogP) is -0.849. The van der Waals surface area contributed by atoms with Crippen LogP contribution in [-0.2, 0) is 9.53 Å². The van der Waals surface area contributed by atoms with Gasteiger partial charge in [-0.2, -0.15) is 0 Å². The van der Waals surface area contributed by atoms with Crippen molar-refractivity contribution >= 4 is 11.9 Å². The van der Waals surface area contributed by atoms with E-state index < -0.39 is 36.4 Å². The van der Waals surface area contributed by atoms with Gasteiger partial charge in [0.2, 0.25) is 0 Å². The highest BCUT2D eigenvalue weighted by Gasteiger charge is 2.56. The van der Waals surface area contributed by atoms with E-state index in [4.69, 9.17) is 4.74 Å². The quantitative estimate of drug-likeness (QED) is 0.695. The Morgan fingerprint density at radius 3 is 2.80 bits per heavy atom. The molecule has 3 saturated heterocycles. The first kappa shape index (κ1) is 13.5. The molecule has 0 aromatic heterocycles. The molecular formula is C11H16F2N4O3. The van der Waals surface area contributed by atoms with E-state index in [0.29, 0.717) is 26.3 Å². The number of hydrazine groups is 1. The van der Waals surface area contributed by atoms with Gasteiger partial charge in [0.25, 0.3) is 11.8 Å². The summed E-state index contributed by atoms with van der Waals surface area (Å²) in [5.41, 5.74) is 2.59. The lowest BCUT2D eigenvalue weighted by molar-refractivity contribution is -0.140. The van der Waals surface area contributed by atoms with E-state index >= 15 is 0 Å². The number of amides is 3. The van der Waals surface area contributed by atoms with E-state index in [9.17, 15) is 18.4 Å². The van der Waals surface area contributed by atoms with Gasteiger partial charge in [0.15, 0.2) is 0 Å². The van der Waals surface area contributed by atoms with E-state index in [1.165, 1.54) is 4.90 Å². The average molecular weight is 290 g/mol. The fourth-order valence-electron chi connectivity index (χ4n) is 2.72. The number of rotatable bonds is 2. The summed E-state index contributed by atoms with van der Waals surface area (Å²) in [6.45, 7) is 1.83. The van der Waals surface area contributed by atoms with Crippen molar-refractivity contribution in [2.24, 2.45) is 0 Å². The average Bonchev–Trinajstić information content (AvgIpc) is 2.76. The number of halogens is 2. The molecule has 2 N–H and O–H groups in total. The van der Waals surface area contributed by atoms with Crippen LogP contribution in [0.25, 0.3) is 0 Å². The number of hydrogen-bond donors (Lipinski definition) is 2. The van der Waals surface area contributed by atoms with Gasteiger partial charge in [-0.1, -0.05) is 0 Å². The smallest absolute Gasteiger partial charge is 0.318 e. The van der Waals surface area contributed by atoms with Crippen LogP contribution in [0.4, 0.5) is 13.6 Å². The topological polar surface area (TPSA) is 73.9 Å². The molecule has 0 saturated carbocycles. The molecule has 3 aliphatic rings. The number of nitrogens with zero attached hydrogens (tertiary/aromatic N) is 2. The van der Waals surface area contributed by atoms with Crippen molar-refractivity contribution < 1.29 is 23.1 Å². The molecule has 7 nitrogen and oxygen atoms in total. The Morgan fingerprint density at radius 1 is 1.40 bits per heavy atom. The second-order valence-corrected chi connectivity index (χ2v) is 5.21. The zero-order valence-electron chi connectivity index (χ0n) is 10.8. The summed E-state index contributed by atoms with van der Waals surface area (Å²) in [5, 5.41) is 3.85. The molecule has 2 atom stereocenters. The highest BCUT2D eigenvalue weighted by Crippen LogP contribution is 2.35. The van der Waals surface area contributed by atoms with Crippen molar-refractivity contribution in [3.8, 4) is 0 Å². The van der Waals surface area contributed by atoms with Gasteiger partial charge in [0.1, 0.15) is 12.1 Å². The minimum Gasteiger partial charge on any atom is -0.379 e. The first-order valence-electron chi connectivity index (χ1n) is 6.55. The lowest BCUT2D eigenvalue weighted by atomic mass is 9.96. The van der Waals surface area contributed by atoms with Crippen molar-refractivity contribution in [2.75, 3.05) is 32.8 Å². The monoisotopic (exact) mass is 290 g/mol. The van der Waals surface area contributed by atoms with Crippen molar-refractivity contribution in [2.45, 2.75) is 24.4 Å². The number of ether oxygens (including phenoxy) is 1. The van der Waals surface area contributed by atoms with Crippen LogP contribution < -0.4 is 10.7 Å². The summed E-state index contributed by atoms with van der Waals surface area (Å²) in [6, 6.07) is -2.93. The summed E-state index contributed by atoms with van der Waals surface area (Å²) in [7, 11) is 0. The maximum absolute atomic E-state index is 13.8. The van der Waals surface area contributed by atoms with Crippen molar-refractivity contribution in [3.05, 3.63) is 0 Å². The standard InChI is InChI=1S/C11H16F2N4O3/c12-11(13)5-7(17-6-8(11)14-10(17)19)9(18)15-16-1-3-20-4-2-16/h7-8H,1-6H2,(H,14,19)(H,15,18). The number of nitrogens with one attached hydrogen (secondary N) is 2. The van der Waals surface area contributed by atoms with E-state index in [1.54, 1.807) is 5.01 Å². The summed E-state index contributed by atoms with van der Waals surface area (Å²) < 4.78 is 32.7. The molecule has 3 amide bonds. The summed E-state index contributed by atoms with van der Waals surface area (Å²) in [6.07, 6.45) is -0.646. The van der Waals surface area contributed by atoms with Gasteiger partial charge in [-0.25, -0.2) is 18.6 Å². The molecule has 112 valence electrons. The maximum atomic E-state index is 13.8. The van der Waals surface area contributed by atoms with Crippen LogP contribution in [0.2, 0.25) is 0 Å². The summed E-state index contributed by atoms with van der Waals surface area (Å²) in [4.78, 5) is 24.9. The maximum Gasteiger partial charge on any atom is 0.318 e. The summed E-state index contributed by atoms with van der Waals surface area (Å²) in [5.74, 6) is -3.63. The number of morpholine rings is 1. The molecule has 20 heavy (non-hydrogen) atoms. The van der Waals surface area contributed by atoms with E-state index in [-0.39, 0.29) is 6.54 Å². The molecule has 0 aromatic carbocycles. The first-order valence-corrected chi connectivity index (χ1v) is 6.55. The number of carbonyl (C=O) groups excluding carboxylic acids is 2. The van der Waals surface area contributed by atoms with Crippen LogP contribution >= 0.6 is 0 Å². The molecule has 2 bridgehead atoms. The number of alkyl halides is 2. The molecule has 0 aliphatic carbocycles. The van der Waals surface area contributed by atoms with Crippen LogP contribution in [0.1, 0.15) is 6.42 Å². The summed E-state index contributed by atoms with van der Waals surface area (Å²) >= 11 is 0. The van der Waals surface area contributed by atoms with Crippen LogP contribution in [0.3, 0.4) is 0 Å². The molecule has 3 fully saturated rings. The second-order valence-electron chi connectivity index (χ2n) is 5.21. The van der Waals surface area contributed by atoms with E-state index in [1.807, 2.05) is 0 Å². The molecule has 0 aromatic rings. The molecule has 9 heteroatoms. The van der Waals surface area contributed by atoms with Gasteiger partial charge in [0, 0.05) is 26.1 Å². The van der Waals surface area contributed by atoms with Gasteiger partial charge >= 0.3 is 6.03 Å². The molecule has 0 spiro atoms. The van der Waals surface area contributed by atoms with Gasteiger partial charge in [-0.15, -0.1) is 0 Å². The highest BCUT2D eigenvalue weighted by atomic mass is 19.3. The lowest BCUT2D eigenvalue weighted by Crippen LogP contribution is -2.59. The molecule has 2 unspecified atom stereocenters. The minimum absolute atomic E-state index is 0.132. The van der Waals surface area contributed by atoms with Crippen molar-refractivity contribution in [1.29, 1.82) is 0 Å². The van der Waals surface area contributed by atoms with Crippen LogP contribution in [-0.4, -0.2) is 72.7 Å². The predicted molar refractivity (Wildman–Crippen MR) is 62.9 cm³/mol. The first-order chi connectivity index (χ1) is 9.47. The van der Waals surface area contributed by atoms with Crippen LogP contribution in [0.5, 0.6) is 0 Å². The molecule has 0 radical (unpaired) electrons. The normalized spacial score (nSPS) is 32.9. The number of carbonyl (C=O) groups is 2. The van der Waals surface area contributed by atoms with Gasteiger partial charge in [-0.3, -0.25) is 10.2 Å². The Labute approximate surface area is 114 Å². The molecule has 3 rings (SSSR count). The Morgan fingerprint density at radius 2 is 2.10 bits per heavy atom. The fraction of sp³-hybridized carbons (Fsp3) is 0.818. The van der Waals surface area contributed by atoms with E-state index in [0.717, 1.165) is 0 Å². The van der Waals surface area contributed by atoms with Crippen molar-refractivity contribution in [1.82, 2.24) is 20.7 Å². The minimum atomic E-state index is -3.06. The van der Waals surface area contributed by atoms with Gasteiger partial charge in [0.05, 0.1) is 13.2 Å². The second kappa shape index (κ2) is 4.81. The Balaban J connectivity index is 1.68. The third-order valence-corrected chi connectivity index (χ3v) is 3.87. The molecule has 3 aliphatic heterocycles. The molecule has 3 heterocycles. The largest absolute Gasteiger partial charge is 0.379 e. The van der Waals surface area contributed by atoms with Crippen LogP contribution in [0.15, 0.2) is 0 Å². The third-order valence-electron chi connectivity index (χ3n) is 3.87. The third kappa shape index (κ3) is 2.31. The zero-order valence-corrected chi connectivity index (χ0v) is 10.8. The van der Waals surface area contributed by atoms with Gasteiger partial charge in [-0.05, 0) is 0 Å². The zero-order chi connectivity index (χ0) is 14.3. The Kier molecular flexibility index (Phi) is 3.25. The number of hydrogen-bond acceptors (Lipinski definition) is 4. The number of piperidine rings is 1. The fourth-order valence-corrected chi connectivity index (χ4v) is 2.72. The Bertz CT molecular complexity index is 428. The highest BCUT2D eigenvalue weighted by molar-refractivity contribution is 5.89. The van der Waals surface area contributed by atoms with Crippen LogP contribution in [0, 0.1) is 0 Å².